The molecule has 0 spiro atoms. The predicted octanol–water partition coefficient (Wildman–Crippen LogP) is 4.03. The summed E-state index contributed by atoms with van der Waals surface area (Å²) in [7, 11) is 0. The van der Waals surface area contributed by atoms with Crippen molar-refractivity contribution in [1.29, 1.82) is 0 Å². The van der Waals surface area contributed by atoms with E-state index in [1.54, 1.807) is 0 Å². The van der Waals surface area contributed by atoms with Gasteiger partial charge in [-0.25, -0.2) is 0 Å². The van der Waals surface area contributed by atoms with Gasteiger partial charge < -0.3 is 9.84 Å². The summed E-state index contributed by atoms with van der Waals surface area (Å²) in [5.74, 6) is 1.01. The first-order valence-electron chi connectivity index (χ1n) is 6.77. The molecule has 2 heterocycles. The zero-order valence-electron chi connectivity index (χ0n) is 11.1. The Labute approximate surface area is 126 Å². The topological polar surface area (TPSA) is 51.0 Å². The van der Waals surface area contributed by atoms with Crippen LogP contribution in [0.4, 0.5) is 5.69 Å². The Balaban J connectivity index is 1.73. The third-order valence-electron chi connectivity index (χ3n) is 3.61. The van der Waals surface area contributed by atoms with Gasteiger partial charge in [-0.2, -0.15) is 4.98 Å². The summed E-state index contributed by atoms with van der Waals surface area (Å²) in [5, 5.41) is 7.98. The quantitative estimate of drug-likeness (QED) is 0.776. The summed E-state index contributed by atoms with van der Waals surface area (Å²) >= 11 is 6.16. The molecule has 0 atom stereocenters. The molecule has 4 rings (SSSR count). The van der Waals surface area contributed by atoms with Gasteiger partial charge in [-0.1, -0.05) is 35.0 Å². The number of anilines is 1. The summed E-state index contributed by atoms with van der Waals surface area (Å²) in [6.45, 7) is 0.980. The standard InChI is InChI=1S/C16H12ClN3O/c17-13-4-2-1-3-12(13)15-19-16(21-20-15)11-6-5-10-7-8-18-14(10)9-11/h1-6,9,18H,7-8H2. The average molecular weight is 298 g/mol. The largest absolute Gasteiger partial charge is 0.384 e. The highest BCUT2D eigenvalue weighted by atomic mass is 35.5. The first kappa shape index (κ1) is 12.4. The van der Waals surface area contributed by atoms with Crippen molar-refractivity contribution in [2.24, 2.45) is 0 Å². The molecule has 2 aromatic carbocycles. The minimum absolute atomic E-state index is 0.501. The van der Waals surface area contributed by atoms with Gasteiger partial charge in [0.15, 0.2) is 0 Å². The van der Waals surface area contributed by atoms with Gasteiger partial charge in [-0.15, -0.1) is 0 Å². The third-order valence-corrected chi connectivity index (χ3v) is 3.94. The minimum Gasteiger partial charge on any atom is -0.384 e. The zero-order chi connectivity index (χ0) is 14.2. The van der Waals surface area contributed by atoms with Crippen LogP contribution in [0.2, 0.25) is 5.02 Å². The molecule has 1 aliphatic rings. The van der Waals surface area contributed by atoms with Crippen molar-refractivity contribution in [3.05, 3.63) is 53.1 Å². The van der Waals surface area contributed by atoms with E-state index in [1.807, 2.05) is 36.4 Å². The first-order chi connectivity index (χ1) is 10.3. The number of halogens is 1. The maximum atomic E-state index is 6.16. The molecular formula is C16H12ClN3O. The number of hydrogen-bond donors (Lipinski definition) is 1. The van der Waals surface area contributed by atoms with Gasteiger partial charge in [0.1, 0.15) is 0 Å². The smallest absolute Gasteiger partial charge is 0.258 e. The molecule has 3 aromatic rings. The van der Waals surface area contributed by atoms with Gasteiger partial charge in [0.05, 0.1) is 5.02 Å². The summed E-state index contributed by atoms with van der Waals surface area (Å²) in [4.78, 5) is 4.45. The Morgan fingerprint density at radius 3 is 2.95 bits per heavy atom. The second-order valence-electron chi connectivity index (χ2n) is 4.95. The molecule has 0 saturated carbocycles. The van der Waals surface area contributed by atoms with Crippen LogP contribution in [0.25, 0.3) is 22.8 Å². The molecule has 0 unspecified atom stereocenters. The summed E-state index contributed by atoms with van der Waals surface area (Å²) in [6.07, 6.45) is 1.06. The maximum Gasteiger partial charge on any atom is 0.258 e. The van der Waals surface area contributed by atoms with E-state index in [-0.39, 0.29) is 0 Å². The Morgan fingerprint density at radius 2 is 2.05 bits per heavy atom. The highest BCUT2D eigenvalue weighted by Crippen LogP contribution is 2.30. The molecular weight excluding hydrogens is 286 g/mol. The van der Waals surface area contributed by atoms with E-state index in [2.05, 4.69) is 21.5 Å². The zero-order valence-corrected chi connectivity index (χ0v) is 11.9. The fourth-order valence-electron chi connectivity index (χ4n) is 2.52. The van der Waals surface area contributed by atoms with E-state index < -0.39 is 0 Å². The lowest BCUT2D eigenvalue weighted by molar-refractivity contribution is 0.432. The maximum absolute atomic E-state index is 6.16. The Bertz CT molecular complexity index is 813. The number of aromatic nitrogens is 2. The van der Waals surface area contributed by atoms with Crippen LogP contribution in [0.15, 0.2) is 47.0 Å². The lowest BCUT2D eigenvalue weighted by atomic mass is 10.1. The molecule has 0 bridgehead atoms. The van der Waals surface area contributed by atoms with E-state index in [9.17, 15) is 0 Å². The predicted molar refractivity (Wildman–Crippen MR) is 82.4 cm³/mol. The number of rotatable bonds is 2. The Hall–Kier alpha value is -2.33. The summed E-state index contributed by atoms with van der Waals surface area (Å²) in [5.41, 5.74) is 4.15. The van der Waals surface area contributed by atoms with E-state index >= 15 is 0 Å². The number of hydrogen-bond acceptors (Lipinski definition) is 4. The second kappa shape index (κ2) is 4.90. The summed E-state index contributed by atoms with van der Waals surface area (Å²) < 4.78 is 5.37. The monoisotopic (exact) mass is 297 g/mol. The molecule has 4 nitrogen and oxygen atoms in total. The van der Waals surface area contributed by atoms with Crippen molar-refractivity contribution in [3.63, 3.8) is 0 Å². The van der Waals surface area contributed by atoms with Crippen molar-refractivity contribution in [1.82, 2.24) is 10.1 Å². The van der Waals surface area contributed by atoms with Gasteiger partial charge >= 0.3 is 0 Å². The van der Waals surface area contributed by atoms with Crippen LogP contribution in [0.1, 0.15) is 5.56 Å². The number of fused-ring (bicyclic) bond motifs is 1. The highest BCUT2D eigenvalue weighted by Gasteiger charge is 2.16. The number of nitrogens with zero attached hydrogens (tertiary/aromatic N) is 2. The van der Waals surface area contributed by atoms with Crippen LogP contribution in [0.3, 0.4) is 0 Å². The third kappa shape index (κ3) is 2.17. The van der Waals surface area contributed by atoms with E-state index in [1.165, 1.54) is 5.56 Å². The highest BCUT2D eigenvalue weighted by molar-refractivity contribution is 6.33. The lowest BCUT2D eigenvalue weighted by Gasteiger charge is -2.00. The molecule has 0 aliphatic carbocycles. The number of nitrogens with one attached hydrogen (secondary N) is 1. The Morgan fingerprint density at radius 1 is 1.14 bits per heavy atom. The fraction of sp³-hybridized carbons (Fsp3) is 0.125. The van der Waals surface area contributed by atoms with Gasteiger partial charge in [0, 0.05) is 23.4 Å². The van der Waals surface area contributed by atoms with E-state index in [4.69, 9.17) is 16.1 Å². The van der Waals surface area contributed by atoms with Gasteiger partial charge in [0.25, 0.3) is 5.89 Å². The SMILES string of the molecule is Clc1ccccc1-c1noc(-c2ccc3c(c2)NCC3)n1. The molecule has 0 radical (unpaired) electrons. The Kier molecular flexibility index (Phi) is 2.89. The van der Waals surface area contributed by atoms with E-state index in [0.29, 0.717) is 16.7 Å². The molecule has 0 saturated heterocycles. The summed E-state index contributed by atoms with van der Waals surface area (Å²) in [6, 6.07) is 13.6. The van der Waals surface area contributed by atoms with Crippen LogP contribution in [0, 0.1) is 0 Å². The van der Waals surface area contributed by atoms with Gasteiger partial charge in [0.2, 0.25) is 5.82 Å². The van der Waals surface area contributed by atoms with Crippen molar-refractivity contribution < 1.29 is 4.52 Å². The van der Waals surface area contributed by atoms with Gasteiger partial charge in [-0.3, -0.25) is 0 Å². The second-order valence-corrected chi connectivity index (χ2v) is 5.36. The van der Waals surface area contributed by atoms with Crippen molar-refractivity contribution in [3.8, 4) is 22.8 Å². The van der Waals surface area contributed by atoms with Crippen molar-refractivity contribution in [2.75, 3.05) is 11.9 Å². The molecule has 0 amide bonds. The van der Waals surface area contributed by atoms with Crippen LogP contribution in [-0.4, -0.2) is 16.7 Å². The van der Waals surface area contributed by atoms with E-state index in [0.717, 1.165) is 29.8 Å². The normalized spacial score (nSPS) is 13.0. The fourth-order valence-corrected chi connectivity index (χ4v) is 2.74. The van der Waals surface area contributed by atoms with Crippen LogP contribution < -0.4 is 5.32 Å². The molecule has 1 N–H and O–H groups in total. The van der Waals surface area contributed by atoms with Crippen molar-refractivity contribution >= 4 is 17.3 Å². The molecule has 104 valence electrons. The minimum atomic E-state index is 0.501. The van der Waals surface area contributed by atoms with Crippen LogP contribution >= 0.6 is 11.6 Å². The molecule has 5 heteroatoms. The van der Waals surface area contributed by atoms with Gasteiger partial charge in [-0.05, 0) is 36.2 Å². The molecule has 0 fully saturated rings. The average Bonchev–Trinajstić information content (AvgIpc) is 3.16. The molecule has 1 aliphatic heterocycles. The lowest BCUT2D eigenvalue weighted by Crippen LogP contribution is -1.91. The van der Waals surface area contributed by atoms with Crippen LogP contribution in [0.5, 0.6) is 0 Å². The molecule has 21 heavy (non-hydrogen) atoms. The molecule has 1 aromatic heterocycles. The van der Waals surface area contributed by atoms with Crippen LogP contribution in [-0.2, 0) is 6.42 Å². The van der Waals surface area contributed by atoms with Crippen molar-refractivity contribution in [2.45, 2.75) is 6.42 Å². The first-order valence-corrected chi connectivity index (χ1v) is 7.15. The number of benzene rings is 2.